The first-order valence-corrected chi connectivity index (χ1v) is 8.44. The van der Waals surface area contributed by atoms with Crippen molar-refractivity contribution in [2.75, 3.05) is 19.7 Å². The third-order valence-corrected chi connectivity index (χ3v) is 4.38. The van der Waals surface area contributed by atoms with Crippen LogP contribution in [0.1, 0.15) is 28.0 Å². The summed E-state index contributed by atoms with van der Waals surface area (Å²) in [6.45, 7) is 2.95. The number of nitrogens with one attached hydrogen (secondary N) is 1. The van der Waals surface area contributed by atoms with E-state index in [-0.39, 0.29) is 11.5 Å². The average Bonchev–Trinajstić information content (AvgIpc) is 2.66. The maximum atomic E-state index is 12.9. The van der Waals surface area contributed by atoms with Crippen molar-refractivity contribution in [2.24, 2.45) is 0 Å². The van der Waals surface area contributed by atoms with Crippen LogP contribution in [0.3, 0.4) is 0 Å². The molecule has 1 saturated heterocycles. The fourth-order valence-corrected chi connectivity index (χ4v) is 3.12. The molecule has 7 heteroatoms. The first kappa shape index (κ1) is 16.4. The van der Waals surface area contributed by atoms with Crippen LogP contribution in [0.15, 0.2) is 47.4 Å². The van der Waals surface area contributed by atoms with Crippen molar-refractivity contribution in [3.05, 3.63) is 70.0 Å². The number of pyridine rings is 1. The Morgan fingerprint density at radius 3 is 3.00 bits per heavy atom. The molecule has 0 aliphatic carbocycles. The molecule has 0 saturated carbocycles. The number of aromatic amines is 1. The maximum absolute atomic E-state index is 12.9. The van der Waals surface area contributed by atoms with E-state index in [1.54, 1.807) is 18.0 Å². The van der Waals surface area contributed by atoms with Gasteiger partial charge in [0.1, 0.15) is 11.9 Å². The van der Waals surface area contributed by atoms with Crippen LogP contribution >= 0.6 is 0 Å². The van der Waals surface area contributed by atoms with E-state index in [2.05, 4.69) is 15.0 Å². The first-order valence-electron chi connectivity index (χ1n) is 8.44. The van der Waals surface area contributed by atoms with Gasteiger partial charge in [0, 0.05) is 29.9 Å². The summed E-state index contributed by atoms with van der Waals surface area (Å²) in [7, 11) is 0. The zero-order valence-electron chi connectivity index (χ0n) is 14.3. The van der Waals surface area contributed by atoms with E-state index in [1.165, 1.54) is 6.07 Å². The summed E-state index contributed by atoms with van der Waals surface area (Å²) in [6, 6.07) is 11.0. The summed E-state index contributed by atoms with van der Waals surface area (Å²) in [4.78, 5) is 37.7. The number of carbonyl (C=O) groups is 1. The Balaban J connectivity index is 1.58. The number of H-pyrrole nitrogens is 1. The van der Waals surface area contributed by atoms with E-state index in [9.17, 15) is 9.59 Å². The van der Waals surface area contributed by atoms with Gasteiger partial charge in [0.05, 0.1) is 24.2 Å². The quantitative estimate of drug-likeness (QED) is 0.762. The van der Waals surface area contributed by atoms with Crippen LogP contribution in [0.5, 0.6) is 0 Å². The molecule has 132 valence electrons. The third-order valence-electron chi connectivity index (χ3n) is 4.38. The summed E-state index contributed by atoms with van der Waals surface area (Å²) < 4.78 is 5.72. The molecule has 1 unspecified atom stereocenters. The van der Waals surface area contributed by atoms with Gasteiger partial charge in [-0.2, -0.15) is 0 Å². The molecule has 1 fully saturated rings. The minimum atomic E-state index is -0.450. The van der Waals surface area contributed by atoms with Gasteiger partial charge in [0.15, 0.2) is 0 Å². The number of hydrogen-bond acceptors (Lipinski definition) is 5. The van der Waals surface area contributed by atoms with Crippen LogP contribution in [0, 0.1) is 6.92 Å². The number of rotatable bonds is 2. The standard InChI is InChI=1S/C19H18N4O3/c1-12-8-17(24)22-18(21-12)16-11-23(6-7-26-16)19(25)14-9-13-4-2-3-5-15(13)20-10-14/h2-5,8-10,16H,6-7,11H2,1H3,(H,21,22,24). The molecule has 0 radical (unpaired) electrons. The highest BCUT2D eigenvalue weighted by molar-refractivity contribution is 5.97. The van der Waals surface area contributed by atoms with Crippen LogP contribution in [-0.4, -0.2) is 45.5 Å². The lowest BCUT2D eigenvalue weighted by molar-refractivity contribution is -0.0269. The largest absolute Gasteiger partial charge is 0.367 e. The van der Waals surface area contributed by atoms with Gasteiger partial charge in [-0.1, -0.05) is 18.2 Å². The minimum absolute atomic E-state index is 0.105. The number of aromatic nitrogens is 3. The van der Waals surface area contributed by atoms with E-state index < -0.39 is 6.10 Å². The van der Waals surface area contributed by atoms with E-state index in [4.69, 9.17) is 4.74 Å². The normalized spacial score (nSPS) is 17.4. The van der Waals surface area contributed by atoms with Crippen LogP contribution in [0.2, 0.25) is 0 Å². The molecule has 1 amide bonds. The average molecular weight is 350 g/mol. The van der Waals surface area contributed by atoms with Gasteiger partial charge >= 0.3 is 0 Å². The zero-order valence-corrected chi connectivity index (χ0v) is 14.3. The Bertz CT molecular complexity index is 1030. The Hall–Kier alpha value is -3.06. The van der Waals surface area contributed by atoms with Gasteiger partial charge < -0.3 is 14.6 Å². The van der Waals surface area contributed by atoms with Gasteiger partial charge in [-0.3, -0.25) is 14.6 Å². The van der Waals surface area contributed by atoms with Crippen molar-refractivity contribution >= 4 is 16.8 Å². The van der Waals surface area contributed by atoms with Crippen LogP contribution in [-0.2, 0) is 4.74 Å². The lowest BCUT2D eigenvalue weighted by Gasteiger charge is -2.32. The Labute approximate surface area is 149 Å². The second-order valence-electron chi connectivity index (χ2n) is 6.30. The van der Waals surface area contributed by atoms with Gasteiger partial charge in [0.25, 0.3) is 11.5 Å². The molecular weight excluding hydrogens is 332 g/mol. The Morgan fingerprint density at radius 2 is 2.15 bits per heavy atom. The molecule has 1 N–H and O–H groups in total. The van der Waals surface area contributed by atoms with E-state index in [0.29, 0.717) is 36.8 Å². The molecule has 1 aromatic carbocycles. The Kier molecular flexibility index (Phi) is 4.22. The highest BCUT2D eigenvalue weighted by Crippen LogP contribution is 2.21. The van der Waals surface area contributed by atoms with E-state index in [0.717, 1.165) is 10.9 Å². The number of fused-ring (bicyclic) bond motifs is 1. The fourth-order valence-electron chi connectivity index (χ4n) is 3.12. The number of para-hydroxylation sites is 1. The lowest BCUT2D eigenvalue weighted by atomic mass is 10.1. The zero-order chi connectivity index (χ0) is 18.1. The molecule has 26 heavy (non-hydrogen) atoms. The molecule has 0 bridgehead atoms. The lowest BCUT2D eigenvalue weighted by Crippen LogP contribution is -2.43. The number of carbonyl (C=O) groups excluding carboxylic acids is 1. The molecular formula is C19H18N4O3. The number of aryl methyl sites for hydroxylation is 1. The first-order chi connectivity index (χ1) is 12.6. The van der Waals surface area contributed by atoms with Crippen molar-refractivity contribution in [3.8, 4) is 0 Å². The SMILES string of the molecule is Cc1cc(=O)[nH]c(C2CN(C(=O)c3cnc4ccccc4c3)CCO2)n1. The molecule has 1 aliphatic heterocycles. The number of ether oxygens (including phenoxy) is 1. The highest BCUT2D eigenvalue weighted by Gasteiger charge is 2.28. The summed E-state index contributed by atoms with van der Waals surface area (Å²) in [5, 5.41) is 0.924. The molecule has 2 aromatic heterocycles. The van der Waals surface area contributed by atoms with Crippen LogP contribution in [0.25, 0.3) is 10.9 Å². The van der Waals surface area contributed by atoms with Crippen LogP contribution in [0.4, 0.5) is 0 Å². The monoisotopic (exact) mass is 350 g/mol. The fraction of sp³-hybridized carbons (Fsp3) is 0.263. The van der Waals surface area contributed by atoms with Gasteiger partial charge in [-0.15, -0.1) is 0 Å². The molecule has 7 nitrogen and oxygen atoms in total. The summed E-state index contributed by atoms with van der Waals surface area (Å²) >= 11 is 0. The minimum Gasteiger partial charge on any atom is -0.367 e. The van der Waals surface area contributed by atoms with Crippen molar-refractivity contribution in [2.45, 2.75) is 13.0 Å². The van der Waals surface area contributed by atoms with Crippen molar-refractivity contribution in [1.29, 1.82) is 0 Å². The molecule has 1 atom stereocenters. The number of amides is 1. The van der Waals surface area contributed by atoms with Crippen LogP contribution < -0.4 is 5.56 Å². The van der Waals surface area contributed by atoms with Crippen molar-refractivity contribution in [1.82, 2.24) is 19.9 Å². The second-order valence-corrected chi connectivity index (χ2v) is 6.30. The number of morpholine rings is 1. The molecule has 4 rings (SSSR count). The van der Waals surface area contributed by atoms with Gasteiger partial charge in [0.2, 0.25) is 0 Å². The topological polar surface area (TPSA) is 88.2 Å². The van der Waals surface area contributed by atoms with Crippen molar-refractivity contribution in [3.63, 3.8) is 0 Å². The van der Waals surface area contributed by atoms with Crippen molar-refractivity contribution < 1.29 is 9.53 Å². The molecule has 3 heterocycles. The Morgan fingerprint density at radius 1 is 1.31 bits per heavy atom. The summed E-state index contributed by atoms with van der Waals surface area (Å²) in [6.07, 6.45) is 1.15. The molecule has 0 spiro atoms. The summed E-state index contributed by atoms with van der Waals surface area (Å²) in [5.41, 5.74) is 1.79. The summed E-state index contributed by atoms with van der Waals surface area (Å²) in [5.74, 6) is 0.343. The van der Waals surface area contributed by atoms with Gasteiger partial charge in [-0.25, -0.2) is 4.98 Å². The predicted molar refractivity (Wildman–Crippen MR) is 95.9 cm³/mol. The molecule has 3 aromatic rings. The third kappa shape index (κ3) is 3.21. The molecule has 1 aliphatic rings. The van der Waals surface area contributed by atoms with E-state index >= 15 is 0 Å². The van der Waals surface area contributed by atoms with E-state index in [1.807, 2.05) is 30.3 Å². The van der Waals surface area contributed by atoms with Gasteiger partial charge in [-0.05, 0) is 19.1 Å². The number of hydrogen-bond donors (Lipinski definition) is 1. The second kappa shape index (κ2) is 6.68. The predicted octanol–water partition coefficient (Wildman–Crippen LogP) is 1.84. The maximum Gasteiger partial charge on any atom is 0.255 e. The smallest absolute Gasteiger partial charge is 0.255 e. The number of benzene rings is 1. The highest BCUT2D eigenvalue weighted by atomic mass is 16.5. The number of nitrogens with zero attached hydrogens (tertiary/aromatic N) is 3.